The summed E-state index contributed by atoms with van der Waals surface area (Å²) < 4.78 is 0. The van der Waals surface area contributed by atoms with E-state index in [0.717, 1.165) is 15.8 Å². The van der Waals surface area contributed by atoms with Crippen molar-refractivity contribution in [1.82, 2.24) is 0 Å². The fourth-order valence-electron chi connectivity index (χ4n) is 3.87. The Balaban J connectivity index is 1.86. The molecule has 0 aliphatic heterocycles. The van der Waals surface area contributed by atoms with E-state index in [-0.39, 0.29) is 0 Å². The summed E-state index contributed by atoms with van der Waals surface area (Å²) in [4.78, 5) is 0. The van der Waals surface area contributed by atoms with E-state index in [1.54, 1.807) is 0 Å². The Bertz CT molecular complexity index is 1210. The molecule has 0 aromatic heterocycles. The van der Waals surface area contributed by atoms with Gasteiger partial charge < -0.3 is 0 Å². The summed E-state index contributed by atoms with van der Waals surface area (Å²) in [6.07, 6.45) is 0. The van der Waals surface area contributed by atoms with Crippen LogP contribution in [-0.4, -0.2) is 0 Å². The smallest absolute Gasteiger partial charge is 0.0563 e. The van der Waals surface area contributed by atoms with Gasteiger partial charge in [0.05, 0.1) is 5.02 Å². The third kappa shape index (κ3) is 2.70. The van der Waals surface area contributed by atoms with E-state index in [0.29, 0.717) is 0 Å². The lowest BCUT2D eigenvalue weighted by molar-refractivity contribution is 1.61. The Hall–Kier alpha value is -3.09. The van der Waals surface area contributed by atoms with Crippen molar-refractivity contribution >= 4 is 33.1 Å². The molecule has 0 spiro atoms. The number of halogens is 1. The minimum atomic E-state index is 0.823. The van der Waals surface area contributed by atoms with Gasteiger partial charge in [-0.3, -0.25) is 0 Å². The Kier molecular flexibility index (Phi) is 3.92. The molecule has 1 heteroatoms. The van der Waals surface area contributed by atoms with Crippen LogP contribution >= 0.6 is 11.6 Å². The summed E-state index contributed by atoms with van der Waals surface area (Å²) in [5, 5.41) is 5.39. The van der Waals surface area contributed by atoms with E-state index in [1.165, 1.54) is 33.0 Å². The van der Waals surface area contributed by atoms with Crippen LogP contribution in [0.5, 0.6) is 0 Å². The first-order valence-corrected chi connectivity index (χ1v) is 9.45. The molecule has 0 nitrogen and oxygen atoms in total. The predicted molar refractivity (Wildman–Crippen MR) is 117 cm³/mol. The van der Waals surface area contributed by atoms with Crippen LogP contribution in [0.1, 0.15) is 0 Å². The first-order chi connectivity index (χ1) is 13.3. The lowest BCUT2D eigenvalue weighted by Gasteiger charge is -2.15. The summed E-state index contributed by atoms with van der Waals surface area (Å²) in [5.74, 6) is 0. The van der Waals surface area contributed by atoms with E-state index < -0.39 is 0 Å². The van der Waals surface area contributed by atoms with Gasteiger partial charge >= 0.3 is 0 Å². The second kappa shape index (κ2) is 6.57. The van der Waals surface area contributed by atoms with Crippen LogP contribution < -0.4 is 0 Å². The molecule has 5 aromatic rings. The zero-order valence-corrected chi connectivity index (χ0v) is 15.4. The summed E-state index contributed by atoms with van der Waals surface area (Å²) >= 11 is 6.76. The number of hydrogen-bond donors (Lipinski definition) is 0. The lowest BCUT2D eigenvalue weighted by Crippen LogP contribution is -1.88. The van der Waals surface area contributed by atoms with E-state index in [2.05, 4.69) is 84.9 Å². The molecule has 128 valence electrons. The first kappa shape index (κ1) is 16.1. The molecular weight excluding hydrogens is 348 g/mol. The maximum Gasteiger partial charge on any atom is 0.0563 e. The van der Waals surface area contributed by atoms with Crippen LogP contribution in [0.3, 0.4) is 0 Å². The molecule has 0 saturated heterocycles. The topological polar surface area (TPSA) is 0 Å². The Morgan fingerprint density at radius 1 is 0.407 bits per heavy atom. The average Bonchev–Trinajstić information content (AvgIpc) is 2.75. The molecular formula is C26H17Cl. The molecule has 0 heterocycles. The summed E-state index contributed by atoms with van der Waals surface area (Å²) in [6.45, 7) is 0. The summed E-state index contributed by atoms with van der Waals surface area (Å²) in [6, 6.07) is 36.1. The third-order valence-corrected chi connectivity index (χ3v) is 5.53. The summed E-state index contributed by atoms with van der Waals surface area (Å²) in [5.41, 5.74) is 4.89. The maximum atomic E-state index is 6.76. The normalized spacial score (nSPS) is 11.1. The van der Waals surface area contributed by atoms with E-state index in [9.17, 15) is 0 Å². The van der Waals surface area contributed by atoms with Gasteiger partial charge in [-0.15, -0.1) is 0 Å². The minimum Gasteiger partial charge on any atom is -0.0830 e. The van der Waals surface area contributed by atoms with Crippen molar-refractivity contribution in [1.29, 1.82) is 0 Å². The van der Waals surface area contributed by atoms with Crippen molar-refractivity contribution in [2.24, 2.45) is 0 Å². The molecule has 0 N–H and O–H groups in total. The monoisotopic (exact) mass is 364 g/mol. The first-order valence-electron chi connectivity index (χ1n) is 9.08. The maximum absolute atomic E-state index is 6.76. The van der Waals surface area contributed by atoms with E-state index in [4.69, 9.17) is 11.6 Å². The molecule has 0 fully saturated rings. The van der Waals surface area contributed by atoms with Gasteiger partial charge in [0.1, 0.15) is 0 Å². The van der Waals surface area contributed by atoms with Crippen LogP contribution in [0.4, 0.5) is 0 Å². The number of hydrogen-bond acceptors (Lipinski definition) is 0. The van der Waals surface area contributed by atoms with Crippen LogP contribution in [0.25, 0.3) is 43.8 Å². The van der Waals surface area contributed by atoms with E-state index in [1.807, 2.05) is 18.2 Å². The molecule has 27 heavy (non-hydrogen) atoms. The third-order valence-electron chi connectivity index (χ3n) is 5.12. The van der Waals surface area contributed by atoms with Crippen molar-refractivity contribution in [3.05, 3.63) is 108 Å². The largest absolute Gasteiger partial charge is 0.0830 e. The number of benzene rings is 5. The quantitative estimate of drug-likeness (QED) is 0.278. The van der Waals surface area contributed by atoms with Gasteiger partial charge in [-0.1, -0.05) is 109 Å². The van der Waals surface area contributed by atoms with Crippen molar-refractivity contribution in [2.45, 2.75) is 0 Å². The molecule has 0 aliphatic carbocycles. The predicted octanol–water partition coefficient (Wildman–Crippen LogP) is 7.98. The molecule has 0 radical (unpaired) electrons. The van der Waals surface area contributed by atoms with Crippen LogP contribution in [0, 0.1) is 0 Å². The van der Waals surface area contributed by atoms with Crippen LogP contribution in [0.15, 0.2) is 103 Å². The van der Waals surface area contributed by atoms with Gasteiger partial charge in [0.2, 0.25) is 0 Å². The molecule has 0 saturated carbocycles. The van der Waals surface area contributed by atoms with Crippen molar-refractivity contribution in [2.75, 3.05) is 0 Å². The second-order valence-corrected chi connectivity index (χ2v) is 7.10. The molecule has 0 unspecified atom stereocenters. The molecule has 0 atom stereocenters. The fourth-order valence-corrected chi connectivity index (χ4v) is 4.20. The van der Waals surface area contributed by atoms with Crippen molar-refractivity contribution in [3.63, 3.8) is 0 Å². The average molecular weight is 365 g/mol. The van der Waals surface area contributed by atoms with Gasteiger partial charge in [-0.2, -0.15) is 0 Å². The molecule has 0 bridgehead atoms. The standard InChI is InChI=1S/C26H17Cl/c27-26-23-15-6-4-13-21(23)25(22-14-5-7-16-24(22)26)20-12-8-11-19(17-20)18-9-2-1-3-10-18/h1-17H. The minimum absolute atomic E-state index is 0.823. The SMILES string of the molecule is Clc1c2ccccc2c(-c2cccc(-c3ccccc3)c2)c2ccccc12. The Morgan fingerprint density at radius 3 is 1.52 bits per heavy atom. The highest BCUT2D eigenvalue weighted by Gasteiger charge is 2.14. The highest BCUT2D eigenvalue weighted by Crippen LogP contribution is 2.42. The molecule has 0 aliphatic rings. The van der Waals surface area contributed by atoms with Gasteiger partial charge in [0.15, 0.2) is 0 Å². The molecule has 0 amide bonds. The van der Waals surface area contributed by atoms with Crippen molar-refractivity contribution < 1.29 is 0 Å². The van der Waals surface area contributed by atoms with Gasteiger partial charge in [0.25, 0.3) is 0 Å². The number of rotatable bonds is 2. The van der Waals surface area contributed by atoms with Crippen LogP contribution in [-0.2, 0) is 0 Å². The molecule has 5 rings (SSSR count). The zero-order valence-electron chi connectivity index (χ0n) is 14.7. The highest BCUT2D eigenvalue weighted by atomic mass is 35.5. The fraction of sp³-hybridized carbons (Fsp3) is 0. The van der Waals surface area contributed by atoms with Crippen LogP contribution in [0.2, 0.25) is 5.02 Å². The van der Waals surface area contributed by atoms with Gasteiger partial charge in [-0.25, -0.2) is 0 Å². The lowest BCUT2D eigenvalue weighted by atomic mass is 9.90. The molecule has 5 aromatic carbocycles. The van der Waals surface area contributed by atoms with Gasteiger partial charge in [0, 0.05) is 10.8 Å². The second-order valence-electron chi connectivity index (χ2n) is 6.73. The van der Waals surface area contributed by atoms with E-state index >= 15 is 0 Å². The summed E-state index contributed by atoms with van der Waals surface area (Å²) in [7, 11) is 0. The number of fused-ring (bicyclic) bond motifs is 2. The Labute approximate surface area is 163 Å². The Morgan fingerprint density at radius 2 is 0.889 bits per heavy atom. The highest BCUT2D eigenvalue weighted by molar-refractivity contribution is 6.42. The zero-order chi connectivity index (χ0) is 18.2. The van der Waals surface area contributed by atoms with Gasteiger partial charge in [-0.05, 0) is 39.1 Å². The van der Waals surface area contributed by atoms with Crippen molar-refractivity contribution in [3.8, 4) is 22.3 Å².